The third kappa shape index (κ3) is 3.20. The minimum absolute atomic E-state index is 0.113. The Hall–Kier alpha value is -1.62. The maximum atomic E-state index is 11.7. The molecule has 16 heavy (non-hydrogen) atoms. The number of carbonyl (C=O) groups excluding carboxylic acids is 1. The van der Waals surface area contributed by atoms with E-state index in [0.29, 0.717) is 29.1 Å². The summed E-state index contributed by atoms with van der Waals surface area (Å²) in [5.74, 6) is -0.119. The number of nitrogens with two attached hydrogens (primary N) is 1. The molecule has 0 saturated heterocycles. The summed E-state index contributed by atoms with van der Waals surface area (Å²) in [7, 11) is 0. The van der Waals surface area contributed by atoms with Crippen LogP contribution in [0.15, 0.2) is 18.2 Å². The van der Waals surface area contributed by atoms with E-state index in [9.17, 15) is 9.90 Å². The van der Waals surface area contributed by atoms with E-state index in [4.69, 9.17) is 18.0 Å². The molecule has 4 N–H and O–H groups in total. The summed E-state index contributed by atoms with van der Waals surface area (Å²) in [6, 6.07) is 4.83. The van der Waals surface area contributed by atoms with E-state index < -0.39 is 0 Å². The molecule has 0 aliphatic carbocycles. The Morgan fingerprint density at radius 3 is 2.88 bits per heavy atom. The van der Waals surface area contributed by atoms with E-state index in [2.05, 4.69) is 5.32 Å². The second-order valence-electron chi connectivity index (χ2n) is 3.42. The van der Waals surface area contributed by atoms with Gasteiger partial charge in [-0.1, -0.05) is 18.3 Å². The molecule has 0 unspecified atom stereocenters. The minimum atomic E-state index is -0.232. The number of carbonyl (C=O) groups is 1. The quantitative estimate of drug-likeness (QED) is 0.687. The van der Waals surface area contributed by atoms with Gasteiger partial charge in [0.25, 0.3) is 5.91 Å². The molecule has 0 aromatic heterocycles. The van der Waals surface area contributed by atoms with Gasteiger partial charge in [-0.25, -0.2) is 0 Å². The zero-order chi connectivity index (χ0) is 12.1. The maximum Gasteiger partial charge on any atom is 0.251 e. The number of benzene rings is 1. The van der Waals surface area contributed by atoms with E-state index in [-0.39, 0.29) is 11.7 Å². The molecule has 0 bridgehead atoms. The standard InChI is InChI=1S/C11H14N2O2S/c1-7-8(3-2-4-9(7)14)11(15)13-6-5-10(12)16/h2-4,14H,5-6H2,1H3,(H2,12,16)(H,13,15). The highest BCUT2D eigenvalue weighted by molar-refractivity contribution is 7.80. The van der Waals surface area contributed by atoms with E-state index in [0.717, 1.165) is 0 Å². The molecular weight excluding hydrogens is 224 g/mol. The SMILES string of the molecule is Cc1c(O)cccc1C(=O)NCCC(N)=S. The lowest BCUT2D eigenvalue weighted by molar-refractivity contribution is 0.0954. The Labute approximate surface area is 99.5 Å². The fourth-order valence-corrected chi connectivity index (χ4v) is 1.37. The van der Waals surface area contributed by atoms with Crippen molar-refractivity contribution in [3.8, 4) is 5.75 Å². The van der Waals surface area contributed by atoms with Gasteiger partial charge in [0.15, 0.2) is 0 Å². The van der Waals surface area contributed by atoms with Crippen LogP contribution in [0.25, 0.3) is 0 Å². The van der Waals surface area contributed by atoms with E-state index in [1.165, 1.54) is 0 Å². The smallest absolute Gasteiger partial charge is 0.251 e. The summed E-state index contributed by atoms with van der Waals surface area (Å²) >= 11 is 4.70. The lowest BCUT2D eigenvalue weighted by Crippen LogP contribution is -2.27. The molecule has 0 radical (unpaired) electrons. The maximum absolute atomic E-state index is 11.7. The van der Waals surface area contributed by atoms with Crippen LogP contribution in [0.5, 0.6) is 5.75 Å². The Morgan fingerprint density at radius 1 is 1.56 bits per heavy atom. The fraction of sp³-hybridized carbons (Fsp3) is 0.273. The topological polar surface area (TPSA) is 75.3 Å². The molecule has 0 atom stereocenters. The van der Waals surface area contributed by atoms with Crippen molar-refractivity contribution in [1.82, 2.24) is 5.32 Å². The van der Waals surface area contributed by atoms with E-state index in [1.54, 1.807) is 25.1 Å². The van der Waals surface area contributed by atoms with Gasteiger partial charge in [0.2, 0.25) is 0 Å². The molecule has 1 aromatic rings. The third-order valence-electron chi connectivity index (χ3n) is 2.21. The molecule has 1 amide bonds. The molecule has 1 aromatic carbocycles. The van der Waals surface area contributed by atoms with Crippen LogP contribution < -0.4 is 11.1 Å². The zero-order valence-corrected chi connectivity index (χ0v) is 9.80. The van der Waals surface area contributed by atoms with Crippen molar-refractivity contribution in [2.24, 2.45) is 5.73 Å². The van der Waals surface area contributed by atoms with E-state index in [1.807, 2.05) is 0 Å². The van der Waals surface area contributed by atoms with Crippen molar-refractivity contribution in [3.05, 3.63) is 29.3 Å². The number of thiocarbonyl (C=S) groups is 1. The molecule has 0 aliphatic rings. The molecule has 1 rings (SSSR count). The summed E-state index contributed by atoms with van der Waals surface area (Å²) in [5, 5.41) is 12.1. The lowest BCUT2D eigenvalue weighted by Gasteiger charge is -2.08. The Bertz CT molecular complexity index is 418. The van der Waals surface area contributed by atoms with Gasteiger partial charge in [-0.2, -0.15) is 0 Å². The summed E-state index contributed by atoms with van der Waals surface area (Å²) in [5.41, 5.74) is 6.34. The molecule has 4 nitrogen and oxygen atoms in total. The Morgan fingerprint density at radius 2 is 2.25 bits per heavy atom. The van der Waals surface area contributed by atoms with Crippen LogP contribution in [-0.4, -0.2) is 22.5 Å². The molecule has 0 saturated carbocycles. The molecule has 5 heteroatoms. The van der Waals surface area contributed by atoms with Crippen molar-refractivity contribution >= 4 is 23.1 Å². The van der Waals surface area contributed by atoms with Gasteiger partial charge in [-0.05, 0) is 19.1 Å². The molecule has 0 fully saturated rings. The number of amides is 1. The van der Waals surface area contributed by atoms with Crippen LogP contribution in [-0.2, 0) is 0 Å². The third-order valence-corrected chi connectivity index (χ3v) is 2.41. The Balaban J connectivity index is 2.66. The molecule has 0 heterocycles. The summed E-state index contributed by atoms with van der Waals surface area (Å²) in [6.07, 6.45) is 0.471. The van der Waals surface area contributed by atoms with Crippen LogP contribution in [0, 0.1) is 6.92 Å². The summed E-state index contributed by atoms with van der Waals surface area (Å²) in [6.45, 7) is 2.10. The first kappa shape index (κ1) is 12.4. The number of nitrogens with one attached hydrogen (secondary N) is 1. The highest BCUT2D eigenvalue weighted by atomic mass is 32.1. The van der Waals surface area contributed by atoms with Crippen molar-refractivity contribution in [1.29, 1.82) is 0 Å². The lowest BCUT2D eigenvalue weighted by atomic mass is 10.1. The van der Waals surface area contributed by atoms with Crippen LogP contribution >= 0.6 is 12.2 Å². The zero-order valence-electron chi connectivity index (χ0n) is 8.99. The molecule has 86 valence electrons. The second kappa shape index (κ2) is 5.46. The van der Waals surface area contributed by atoms with Crippen LogP contribution in [0.3, 0.4) is 0 Å². The highest BCUT2D eigenvalue weighted by Crippen LogP contribution is 2.19. The molecule has 0 spiro atoms. The first-order valence-electron chi connectivity index (χ1n) is 4.87. The first-order valence-corrected chi connectivity index (χ1v) is 5.28. The van der Waals surface area contributed by atoms with Gasteiger partial charge in [-0.3, -0.25) is 4.79 Å². The average Bonchev–Trinajstić information content (AvgIpc) is 2.21. The van der Waals surface area contributed by atoms with E-state index >= 15 is 0 Å². The van der Waals surface area contributed by atoms with Gasteiger partial charge in [0, 0.05) is 24.1 Å². The van der Waals surface area contributed by atoms with Gasteiger partial charge in [-0.15, -0.1) is 0 Å². The average molecular weight is 238 g/mol. The second-order valence-corrected chi connectivity index (χ2v) is 3.95. The van der Waals surface area contributed by atoms with Crippen LogP contribution in [0.2, 0.25) is 0 Å². The predicted molar refractivity (Wildman–Crippen MR) is 66.6 cm³/mol. The van der Waals surface area contributed by atoms with Gasteiger partial charge in [0.05, 0.1) is 4.99 Å². The monoisotopic (exact) mass is 238 g/mol. The number of aromatic hydroxyl groups is 1. The number of phenolic OH excluding ortho intramolecular Hbond substituents is 1. The molecular formula is C11H14N2O2S. The van der Waals surface area contributed by atoms with Gasteiger partial charge >= 0.3 is 0 Å². The van der Waals surface area contributed by atoms with Crippen LogP contribution in [0.1, 0.15) is 22.3 Å². The van der Waals surface area contributed by atoms with Crippen LogP contribution in [0.4, 0.5) is 0 Å². The van der Waals surface area contributed by atoms with Crippen molar-refractivity contribution in [3.63, 3.8) is 0 Å². The number of hydrogen-bond acceptors (Lipinski definition) is 3. The molecule has 0 aliphatic heterocycles. The van der Waals surface area contributed by atoms with Gasteiger partial charge in [0.1, 0.15) is 5.75 Å². The normalized spacial score (nSPS) is 9.81. The summed E-state index contributed by atoms with van der Waals surface area (Å²) in [4.78, 5) is 12.1. The van der Waals surface area contributed by atoms with Gasteiger partial charge < -0.3 is 16.2 Å². The largest absolute Gasteiger partial charge is 0.508 e. The predicted octanol–water partition coefficient (Wildman–Crippen LogP) is 1.11. The van der Waals surface area contributed by atoms with Crippen molar-refractivity contribution < 1.29 is 9.90 Å². The Kier molecular flexibility index (Phi) is 4.25. The fourth-order valence-electron chi connectivity index (χ4n) is 1.26. The van der Waals surface area contributed by atoms with Crippen molar-refractivity contribution in [2.75, 3.05) is 6.54 Å². The van der Waals surface area contributed by atoms with Crippen molar-refractivity contribution in [2.45, 2.75) is 13.3 Å². The minimum Gasteiger partial charge on any atom is -0.508 e. The number of hydrogen-bond donors (Lipinski definition) is 3. The number of phenols is 1. The summed E-state index contributed by atoms with van der Waals surface area (Å²) < 4.78 is 0. The first-order chi connectivity index (χ1) is 7.52. The number of rotatable bonds is 4. The highest BCUT2D eigenvalue weighted by Gasteiger charge is 2.10.